The molecule has 142 valence electrons. The number of nitrogens with one attached hydrogen (secondary N) is 1. The minimum absolute atomic E-state index is 0.152. The minimum Gasteiger partial charge on any atom is -0.387 e. The summed E-state index contributed by atoms with van der Waals surface area (Å²) in [6, 6.07) is 0. The van der Waals surface area contributed by atoms with Crippen LogP contribution < -0.4 is 11.2 Å². The van der Waals surface area contributed by atoms with E-state index >= 15 is 0 Å². The summed E-state index contributed by atoms with van der Waals surface area (Å²) in [5.41, 5.74) is -4.69. The number of hydrogen-bond donors (Lipinski definition) is 3. The van der Waals surface area contributed by atoms with Gasteiger partial charge in [-0.1, -0.05) is 0 Å². The fourth-order valence-electron chi connectivity index (χ4n) is 2.13. The van der Waals surface area contributed by atoms with E-state index in [0.29, 0.717) is 0 Å². The van der Waals surface area contributed by atoms with Crippen molar-refractivity contribution in [1.29, 1.82) is 0 Å². The zero-order valence-corrected chi connectivity index (χ0v) is 14.2. The van der Waals surface area contributed by atoms with Gasteiger partial charge in [0.15, 0.2) is 6.23 Å². The zero-order valence-electron chi connectivity index (χ0n) is 11.8. The second-order valence-corrected chi connectivity index (χ2v) is 9.24. The summed E-state index contributed by atoms with van der Waals surface area (Å²) < 4.78 is 59.2. The topological polar surface area (TPSA) is 131 Å². The Morgan fingerprint density at radius 2 is 1.92 bits per heavy atom. The molecule has 0 spiro atoms. The Labute approximate surface area is 145 Å². The lowest BCUT2D eigenvalue weighted by molar-refractivity contribution is -0.140. The molecule has 2 rings (SSSR count). The third-order valence-electron chi connectivity index (χ3n) is 3.27. The smallest absolute Gasteiger partial charge is 0.387 e. The van der Waals surface area contributed by atoms with Gasteiger partial charge < -0.3 is 19.5 Å². The largest absolute Gasteiger partial charge is 0.423 e. The lowest BCUT2D eigenvalue weighted by Gasteiger charge is -2.18. The van der Waals surface area contributed by atoms with Crippen LogP contribution in [0.15, 0.2) is 15.8 Å². The first-order valence-electron chi connectivity index (χ1n) is 6.39. The van der Waals surface area contributed by atoms with E-state index in [1.54, 1.807) is 0 Å². The summed E-state index contributed by atoms with van der Waals surface area (Å²) >= 11 is 10.3. The highest BCUT2D eigenvalue weighted by atomic mass is 35.9. The quantitative estimate of drug-likeness (QED) is 0.603. The summed E-state index contributed by atoms with van der Waals surface area (Å²) in [5.74, 6) is 0. The predicted octanol–water partition coefficient (Wildman–Crippen LogP) is 0.777. The first kappa shape index (κ1) is 20.4. The second kappa shape index (κ2) is 7.03. The van der Waals surface area contributed by atoms with Gasteiger partial charge in [0.1, 0.15) is 23.9 Å². The summed E-state index contributed by atoms with van der Waals surface area (Å²) in [6.45, 7) is -0.677. The number of nitrogens with zero attached hydrogens (tertiary/aromatic N) is 1. The highest BCUT2D eigenvalue weighted by Crippen LogP contribution is 2.57. The van der Waals surface area contributed by atoms with Gasteiger partial charge in [-0.25, -0.2) is 4.79 Å². The first-order valence-corrected chi connectivity index (χ1v) is 9.83. The standard InChI is InChI=1S/C10H10Cl2F3N2O7P/c11-25(12,22)23-2-4-5(18)6(19)8(24-4)17-1-3(10(13,14)15)7(20)16-9(17)21/h1,4-6,8,18-19H,2H2,(H,16,20,21). The van der Waals surface area contributed by atoms with Gasteiger partial charge in [0.2, 0.25) is 0 Å². The lowest BCUT2D eigenvalue weighted by Crippen LogP contribution is -2.40. The van der Waals surface area contributed by atoms with E-state index in [1.807, 2.05) is 0 Å². The number of ether oxygens (including phenoxy) is 1. The van der Waals surface area contributed by atoms with Crippen LogP contribution in [0.5, 0.6) is 0 Å². The molecule has 0 saturated carbocycles. The van der Waals surface area contributed by atoms with Crippen molar-refractivity contribution in [3.63, 3.8) is 0 Å². The SMILES string of the molecule is O=c1[nH]c(=O)n(C2OC(COP(=O)(Cl)Cl)C(O)C2O)cc1C(F)(F)F. The molecule has 3 N–H and O–H groups in total. The van der Waals surface area contributed by atoms with Crippen molar-refractivity contribution in [2.24, 2.45) is 0 Å². The fraction of sp³-hybridized carbons (Fsp3) is 0.600. The average molecular weight is 429 g/mol. The Bertz CT molecular complexity index is 807. The van der Waals surface area contributed by atoms with Crippen molar-refractivity contribution in [3.05, 3.63) is 32.6 Å². The maximum atomic E-state index is 12.8. The van der Waals surface area contributed by atoms with E-state index in [1.165, 1.54) is 4.98 Å². The molecule has 2 heterocycles. The summed E-state index contributed by atoms with van der Waals surface area (Å²) in [4.78, 5) is 24.4. The number of halogens is 5. The van der Waals surface area contributed by atoms with Crippen molar-refractivity contribution in [2.45, 2.75) is 30.7 Å². The van der Waals surface area contributed by atoms with E-state index in [2.05, 4.69) is 4.52 Å². The van der Waals surface area contributed by atoms with Gasteiger partial charge >= 0.3 is 17.9 Å². The Morgan fingerprint density at radius 1 is 1.32 bits per heavy atom. The van der Waals surface area contributed by atoms with Crippen LogP contribution in [0.2, 0.25) is 0 Å². The molecule has 1 fully saturated rings. The number of aromatic amines is 1. The number of aliphatic hydroxyl groups excluding tert-OH is 2. The number of hydrogen-bond acceptors (Lipinski definition) is 7. The molecule has 1 aromatic heterocycles. The van der Waals surface area contributed by atoms with E-state index in [4.69, 9.17) is 27.2 Å². The van der Waals surface area contributed by atoms with E-state index in [9.17, 15) is 37.5 Å². The number of H-pyrrole nitrogens is 1. The molecule has 1 aromatic rings. The Kier molecular flexibility index (Phi) is 5.74. The van der Waals surface area contributed by atoms with Crippen molar-refractivity contribution < 1.29 is 37.2 Å². The summed E-state index contributed by atoms with van der Waals surface area (Å²) in [7, 11) is 0. The van der Waals surface area contributed by atoms with Crippen molar-refractivity contribution in [2.75, 3.05) is 6.61 Å². The maximum Gasteiger partial charge on any atom is 0.423 e. The van der Waals surface area contributed by atoms with Gasteiger partial charge in [-0.15, -0.1) is 0 Å². The molecule has 9 nitrogen and oxygen atoms in total. The zero-order chi connectivity index (χ0) is 19.2. The van der Waals surface area contributed by atoms with Crippen molar-refractivity contribution >= 4 is 28.6 Å². The highest BCUT2D eigenvalue weighted by molar-refractivity contribution is 8.05. The summed E-state index contributed by atoms with van der Waals surface area (Å²) in [6.07, 6.45) is -15.7. The van der Waals surface area contributed by atoms with E-state index < -0.39 is 60.2 Å². The van der Waals surface area contributed by atoms with Crippen LogP contribution in [0.1, 0.15) is 11.8 Å². The van der Waals surface area contributed by atoms with Gasteiger partial charge in [-0.05, 0) is 22.5 Å². The molecule has 0 bridgehead atoms. The van der Waals surface area contributed by atoms with Crippen LogP contribution in [-0.2, 0) is 20.0 Å². The molecule has 0 amide bonds. The van der Waals surface area contributed by atoms with Gasteiger partial charge in [0.25, 0.3) is 5.56 Å². The van der Waals surface area contributed by atoms with Crippen molar-refractivity contribution in [1.82, 2.24) is 9.55 Å². The maximum absolute atomic E-state index is 12.8. The van der Waals surface area contributed by atoms with Gasteiger partial charge in [0.05, 0.1) is 6.61 Å². The van der Waals surface area contributed by atoms with Crippen LogP contribution >= 0.6 is 28.6 Å². The molecular weight excluding hydrogens is 419 g/mol. The molecule has 4 unspecified atom stereocenters. The molecule has 1 aliphatic heterocycles. The molecule has 1 saturated heterocycles. The first-order chi connectivity index (χ1) is 11.3. The molecule has 15 heteroatoms. The third-order valence-corrected chi connectivity index (χ3v) is 4.31. The van der Waals surface area contributed by atoms with Gasteiger partial charge in [0, 0.05) is 6.20 Å². The van der Waals surface area contributed by atoms with Crippen LogP contribution in [0, 0.1) is 0 Å². The predicted molar refractivity (Wildman–Crippen MR) is 77.5 cm³/mol. The molecule has 0 radical (unpaired) electrons. The van der Waals surface area contributed by atoms with E-state index in [0.717, 1.165) is 0 Å². The van der Waals surface area contributed by atoms with Crippen LogP contribution in [0.4, 0.5) is 13.2 Å². The number of rotatable bonds is 4. The number of aliphatic hydroxyl groups is 2. The monoisotopic (exact) mass is 428 g/mol. The molecular formula is C10H10Cl2F3N2O7P. The van der Waals surface area contributed by atoms with Gasteiger partial charge in [-0.2, -0.15) is 13.2 Å². The highest BCUT2D eigenvalue weighted by Gasteiger charge is 2.46. The van der Waals surface area contributed by atoms with E-state index in [-0.39, 0.29) is 10.8 Å². The Balaban J connectivity index is 2.34. The van der Waals surface area contributed by atoms with Crippen molar-refractivity contribution in [3.8, 4) is 0 Å². The Morgan fingerprint density at radius 3 is 2.44 bits per heavy atom. The average Bonchev–Trinajstić information content (AvgIpc) is 2.71. The van der Waals surface area contributed by atoms with Crippen LogP contribution in [-0.4, -0.2) is 44.7 Å². The third kappa shape index (κ3) is 4.64. The van der Waals surface area contributed by atoms with Crippen LogP contribution in [0.25, 0.3) is 0 Å². The normalized spacial score (nSPS) is 27.6. The second-order valence-electron chi connectivity index (χ2n) is 4.96. The van der Waals surface area contributed by atoms with Crippen LogP contribution in [0.3, 0.4) is 0 Å². The number of aromatic nitrogens is 2. The Hall–Kier alpha value is -0.880. The minimum atomic E-state index is -5.07. The molecule has 0 aliphatic carbocycles. The number of alkyl halides is 3. The fourth-order valence-corrected chi connectivity index (χ4v) is 2.79. The lowest BCUT2D eigenvalue weighted by atomic mass is 10.1. The van der Waals surface area contributed by atoms with Gasteiger partial charge in [-0.3, -0.25) is 18.9 Å². The molecule has 25 heavy (non-hydrogen) atoms. The summed E-state index contributed by atoms with van der Waals surface area (Å²) in [5, 5.41) is 19.7. The molecule has 4 atom stereocenters. The molecule has 1 aliphatic rings. The molecule has 0 aromatic carbocycles.